The third-order valence-corrected chi connectivity index (χ3v) is 2.03. The van der Waals surface area contributed by atoms with Crippen LogP contribution in [0.25, 0.3) is 0 Å². The molecule has 0 aliphatic rings. The molecule has 0 spiro atoms. The largest absolute Gasteiger partial charge is 0.494 e. The van der Waals surface area contributed by atoms with E-state index in [9.17, 15) is 4.79 Å². The van der Waals surface area contributed by atoms with Gasteiger partial charge in [0.15, 0.2) is 0 Å². The van der Waals surface area contributed by atoms with Gasteiger partial charge in [0.25, 0.3) is 0 Å². The molecular formula is C12H16NO4. The zero-order chi connectivity index (χ0) is 12.7. The molecule has 0 aromatic heterocycles. The maximum absolute atomic E-state index is 11.4. The Bertz CT molecular complexity index is 357. The number of ether oxygens (including phenoxy) is 3. The lowest BCUT2D eigenvalue weighted by atomic mass is 10.2. The van der Waals surface area contributed by atoms with Gasteiger partial charge in [-0.05, 0) is 25.5 Å². The van der Waals surface area contributed by atoms with Gasteiger partial charge in [0.1, 0.15) is 17.2 Å². The van der Waals surface area contributed by atoms with Crippen LogP contribution in [0.4, 0.5) is 10.5 Å². The number of carbonyl (C=O) groups is 1. The quantitative estimate of drug-likeness (QED) is 0.856. The van der Waals surface area contributed by atoms with E-state index in [2.05, 4.69) is 12.2 Å². The SMILES string of the molecule is [CH2]CCOC(=O)Nc1c(OC)cccc1OC. The van der Waals surface area contributed by atoms with Gasteiger partial charge in [-0.25, -0.2) is 4.79 Å². The van der Waals surface area contributed by atoms with E-state index in [1.807, 2.05) is 0 Å². The van der Waals surface area contributed by atoms with Crippen LogP contribution in [0.15, 0.2) is 18.2 Å². The summed E-state index contributed by atoms with van der Waals surface area (Å²) in [6.45, 7) is 3.84. The molecule has 17 heavy (non-hydrogen) atoms. The second kappa shape index (κ2) is 6.62. The molecule has 1 radical (unpaired) electrons. The van der Waals surface area contributed by atoms with Gasteiger partial charge in [0, 0.05) is 0 Å². The van der Waals surface area contributed by atoms with E-state index >= 15 is 0 Å². The number of para-hydroxylation sites is 1. The van der Waals surface area contributed by atoms with Crippen molar-refractivity contribution in [1.29, 1.82) is 0 Å². The number of nitrogens with one attached hydrogen (secondary N) is 1. The molecule has 0 saturated carbocycles. The van der Waals surface area contributed by atoms with Crippen LogP contribution in [0.1, 0.15) is 6.42 Å². The van der Waals surface area contributed by atoms with Gasteiger partial charge >= 0.3 is 6.09 Å². The zero-order valence-corrected chi connectivity index (χ0v) is 9.99. The molecule has 1 aromatic rings. The van der Waals surface area contributed by atoms with E-state index in [1.54, 1.807) is 18.2 Å². The monoisotopic (exact) mass is 238 g/mol. The highest BCUT2D eigenvalue weighted by Gasteiger charge is 2.13. The van der Waals surface area contributed by atoms with E-state index < -0.39 is 6.09 Å². The van der Waals surface area contributed by atoms with Gasteiger partial charge in [-0.15, -0.1) is 0 Å². The molecule has 0 heterocycles. The molecule has 0 aliphatic carbocycles. The number of hydrogen-bond donors (Lipinski definition) is 1. The summed E-state index contributed by atoms with van der Waals surface area (Å²) in [4.78, 5) is 11.4. The predicted octanol–water partition coefficient (Wildman–Crippen LogP) is 2.48. The van der Waals surface area contributed by atoms with Crippen molar-refractivity contribution in [3.63, 3.8) is 0 Å². The van der Waals surface area contributed by atoms with Crippen LogP contribution in [0.5, 0.6) is 11.5 Å². The second-order valence-corrected chi connectivity index (χ2v) is 3.15. The van der Waals surface area contributed by atoms with Gasteiger partial charge in [-0.1, -0.05) is 6.07 Å². The number of anilines is 1. The van der Waals surface area contributed by atoms with E-state index in [-0.39, 0.29) is 6.61 Å². The topological polar surface area (TPSA) is 56.8 Å². The predicted molar refractivity (Wildman–Crippen MR) is 64.5 cm³/mol. The number of carbonyl (C=O) groups excluding carboxylic acids is 1. The smallest absolute Gasteiger partial charge is 0.411 e. The van der Waals surface area contributed by atoms with Gasteiger partial charge in [-0.2, -0.15) is 0 Å². The van der Waals surface area contributed by atoms with Crippen molar-refractivity contribution in [2.24, 2.45) is 0 Å². The molecule has 5 nitrogen and oxygen atoms in total. The highest BCUT2D eigenvalue weighted by atomic mass is 16.5. The van der Waals surface area contributed by atoms with Crippen LogP contribution in [-0.4, -0.2) is 26.9 Å². The Morgan fingerprint density at radius 3 is 2.35 bits per heavy atom. The van der Waals surface area contributed by atoms with Gasteiger partial charge in [0.05, 0.1) is 20.8 Å². The molecule has 0 atom stereocenters. The Hall–Kier alpha value is -1.91. The van der Waals surface area contributed by atoms with Crippen molar-refractivity contribution < 1.29 is 19.0 Å². The van der Waals surface area contributed by atoms with Crippen LogP contribution in [0.3, 0.4) is 0 Å². The van der Waals surface area contributed by atoms with Gasteiger partial charge in [0.2, 0.25) is 0 Å². The average Bonchev–Trinajstić information content (AvgIpc) is 2.36. The van der Waals surface area contributed by atoms with Crippen LogP contribution < -0.4 is 14.8 Å². The van der Waals surface area contributed by atoms with Crippen molar-refractivity contribution in [3.05, 3.63) is 25.1 Å². The number of amides is 1. The fourth-order valence-corrected chi connectivity index (χ4v) is 1.28. The summed E-state index contributed by atoms with van der Waals surface area (Å²) in [6.07, 6.45) is -0.0346. The highest BCUT2D eigenvalue weighted by molar-refractivity contribution is 5.89. The minimum Gasteiger partial charge on any atom is -0.494 e. The first-order valence-electron chi connectivity index (χ1n) is 5.17. The fourth-order valence-electron chi connectivity index (χ4n) is 1.28. The minimum absolute atomic E-state index is 0.267. The molecule has 0 aliphatic heterocycles. The lowest BCUT2D eigenvalue weighted by Gasteiger charge is -2.13. The van der Waals surface area contributed by atoms with Crippen LogP contribution in [-0.2, 0) is 4.74 Å². The molecule has 0 unspecified atom stereocenters. The van der Waals surface area contributed by atoms with Crippen LogP contribution in [0, 0.1) is 6.92 Å². The molecule has 1 aromatic carbocycles. The van der Waals surface area contributed by atoms with Crippen LogP contribution in [0.2, 0.25) is 0 Å². The molecule has 0 saturated heterocycles. The minimum atomic E-state index is -0.559. The third kappa shape index (κ3) is 3.55. The normalized spacial score (nSPS) is 9.59. The Balaban J connectivity index is 2.83. The Kier molecular flexibility index (Phi) is 5.13. The Morgan fingerprint density at radius 1 is 1.29 bits per heavy atom. The molecule has 1 N–H and O–H groups in total. The number of rotatable bonds is 5. The van der Waals surface area contributed by atoms with Gasteiger partial charge in [-0.3, -0.25) is 5.32 Å². The van der Waals surface area contributed by atoms with Gasteiger partial charge < -0.3 is 14.2 Å². The Morgan fingerprint density at radius 2 is 1.88 bits per heavy atom. The maximum Gasteiger partial charge on any atom is 0.411 e. The summed E-state index contributed by atoms with van der Waals surface area (Å²) in [5.41, 5.74) is 0.451. The summed E-state index contributed by atoms with van der Waals surface area (Å²) in [6, 6.07) is 5.21. The molecular weight excluding hydrogens is 222 g/mol. The van der Waals surface area contributed by atoms with Crippen molar-refractivity contribution in [1.82, 2.24) is 0 Å². The van der Waals surface area contributed by atoms with E-state index in [0.29, 0.717) is 23.6 Å². The second-order valence-electron chi connectivity index (χ2n) is 3.15. The Labute approximate surface area is 101 Å². The summed E-state index contributed by atoms with van der Waals surface area (Å²) < 4.78 is 15.1. The average molecular weight is 238 g/mol. The lowest BCUT2D eigenvalue weighted by molar-refractivity contribution is 0.163. The highest BCUT2D eigenvalue weighted by Crippen LogP contribution is 2.34. The first-order chi connectivity index (χ1) is 8.22. The fraction of sp³-hybridized carbons (Fsp3) is 0.333. The van der Waals surface area contributed by atoms with Crippen molar-refractivity contribution in [2.75, 3.05) is 26.1 Å². The molecule has 0 fully saturated rings. The summed E-state index contributed by atoms with van der Waals surface area (Å²) in [5, 5.41) is 2.58. The lowest BCUT2D eigenvalue weighted by Crippen LogP contribution is -2.15. The number of methoxy groups -OCH3 is 2. The zero-order valence-electron chi connectivity index (χ0n) is 9.99. The van der Waals surface area contributed by atoms with E-state index in [1.165, 1.54) is 14.2 Å². The molecule has 1 rings (SSSR count). The molecule has 5 heteroatoms. The van der Waals surface area contributed by atoms with Crippen molar-refractivity contribution >= 4 is 11.8 Å². The summed E-state index contributed by atoms with van der Waals surface area (Å²) >= 11 is 0. The van der Waals surface area contributed by atoms with Crippen molar-refractivity contribution in [2.45, 2.75) is 6.42 Å². The van der Waals surface area contributed by atoms with Crippen molar-refractivity contribution in [3.8, 4) is 11.5 Å². The summed E-state index contributed by atoms with van der Waals surface area (Å²) in [5.74, 6) is 1.02. The third-order valence-electron chi connectivity index (χ3n) is 2.03. The van der Waals surface area contributed by atoms with E-state index in [4.69, 9.17) is 14.2 Å². The first kappa shape index (κ1) is 13.2. The molecule has 0 bridgehead atoms. The maximum atomic E-state index is 11.4. The molecule has 1 amide bonds. The standard InChI is InChI=1S/C12H16NO4/c1-4-8-17-12(14)13-11-9(15-2)6-5-7-10(11)16-3/h5-7H,1,4,8H2,2-3H3,(H,13,14). The first-order valence-corrected chi connectivity index (χ1v) is 5.17. The number of benzene rings is 1. The molecule has 93 valence electrons. The van der Waals surface area contributed by atoms with E-state index in [0.717, 1.165) is 0 Å². The van der Waals surface area contributed by atoms with Crippen LogP contribution >= 0.6 is 0 Å². The summed E-state index contributed by atoms with van der Waals surface area (Å²) in [7, 11) is 3.03. The number of hydrogen-bond acceptors (Lipinski definition) is 4.